The van der Waals surface area contributed by atoms with Crippen LogP contribution < -0.4 is 0 Å². The molecule has 0 aliphatic carbocycles. The van der Waals surface area contributed by atoms with Gasteiger partial charge in [0, 0.05) is 21.1 Å². The van der Waals surface area contributed by atoms with E-state index in [1.807, 2.05) is 12.1 Å². The summed E-state index contributed by atoms with van der Waals surface area (Å²) in [6.45, 7) is 1.09. The van der Waals surface area contributed by atoms with E-state index in [2.05, 4.69) is 31.4 Å². The standard InChI is InChI=1S/C11H10N7.C6H6O.Pt/c1-2-12-11(9-18-15-5-6-16-18)7-10(1)8-17-13-3-4-14-17;7-6-4-2-1-3-5-6;/h1-6H,8-9H2;1-5,7H;/q-1;;. The molecule has 4 rings (SSSR count). The number of para-hydroxylation sites is 1. The summed E-state index contributed by atoms with van der Waals surface area (Å²) >= 11 is 0. The summed E-state index contributed by atoms with van der Waals surface area (Å²) in [7, 11) is 0. The quantitative estimate of drug-likeness (QED) is 0.404. The summed E-state index contributed by atoms with van der Waals surface area (Å²) in [5, 5.41) is 24.8. The van der Waals surface area contributed by atoms with Gasteiger partial charge in [-0.2, -0.15) is 41.6 Å². The Morgan fingerprint density at radius 1 is 0.769 bits per heavy atom. The Hall–Kier alpha value is -2.86. The van der Waals surface area contributed by atoms with Crippen LogP contribution in [-0.2, 0) is 34.2 Å². The van der Waals surface area contributed by atoms with Crippen molar-refractivity contribution in [3.63, 3.8) is 0 Å². The van der Waals surface area contributed by atoms with E-state index >= 15 is 0 Å². The zero-order valence-electron chi connectivity index (χ0n) is 13.7. The van der Waals surface area contributed by atoms with E-state index in [-0.39, 0.29) is 21.1 Å². The van der Waals surface area contributed by atoms with Gasteiger partial charge in [0.2, 0.25) is 0 Å². The van der Waals surface area contributed by atoms with Gasteiger partial charge in [0.05, 0.1) is 37.9 Å². The van der Waals surface area contributed by atoms with Crippen LogP contribution in [0.4, 0.5) is 0 Å². The zero-order chi connectivity index (χ0) is 17.3. The van der Waals surface area contributed by atoms with Gasteiger partial charge in [-0.3, -0.25) is 4.98 Å². The molecule has 0 unspecified atom stereocenters. The molecule has 1 aromatic carbocycles. The third-order valence-corrected chi connectivity index (χ3v) is 3.10. The summed E-state index contributed by atoms with van der Waals surface area (Å²) < 4.78 is 0. The van der Waals surface area contributed by atoms with Crippen molar-refractivity contribution >= 4 is 0 Å². The monoisotopic (exact) mass is 529 g/mol. The zero-order valence-corrected chi connectivity index (χ0v) is 15.9. The van der Waals surface area contributed by atoms with E-state index in [9.17, 15) is 0 Å². The number of phenols is 1. The Labute approximate surface area is 164 Å². The Balaban J connectivity index is 0.000000258. The summed E-state index contributed by atoms with van der Waals surface area (Å²) in [5.74, 6) is 0.322. The van der Waals surface area contributed by atoms with Crippen LogP contribution in [0.2, 0.25) is 0 Å². The molecular weight excluding hydrogens is 513 g/mol. The van der Waals surface area contributed by atoms with Crippen LogP contribution >= 0.6 is 0 Å². The number of aromatic nitrogens is 7. The van der Waals surface area contributed by atoms with Crippen molar-refractivity contribution in [2.75, 3.05) is 0 Å². The number of aromatic hydroxyl groups is 1. The molecule has 4 aromatic rings. The van der Waals surface area contributed by atoms with Gasteiger partial charge in [-0.1, -0.05) is 24.4 Å². The second-order valence-corrected chi connectivity index (χ2v) is 5.00. The Kier molecular flexibility index (Phi) is 7.64. The molecule has 0 aliphatic heterocycles. The Morgan fingerprint density at radius 2 is 1.35 bits per heavy atom. The molecule has 0 fully saturated rings. The molecule has 3 heterocycles. The molecule has 0 saturated heterocycles. The van der Waals surface area contributed by atoms with Gasteiger partial charge in [-0.25, -0.2) is 6.07 Å². The molecule has 136 valence electrons. The van der Waals surface area contributed by atoms with E-state index < -0.39 is 0 Å². The molecule has 26 heavy (non-hydrogen) atoms. The largest absolute Gasteiger partial charge is 0.508 e. The first-order valence-corrected chi connectivity index (χ1v) is 7.58. The predicted octanol–water partition coefficient (Wildman–Crippen LogP) is 1.55. The van der Waals surface area contributed by atoms with Crippen LogP contribution in [-0.4, -0.2) is 40.1 Å². The normalized spacial score (nSPS) is 9.69. The SMILES string of the molecule is Oc1ccccc1.[Pt].[c-]1c(Cn2nccn2)ccnc1Cn1nccn1. The van der Waals surface area contributed by atoms with Crippen LogP contribution in [0, 0.1) is 6.07 Å². The molecule has 1 N–H and O–H groups in total. The van der Waals surface area contributed by atoms with Crippen LogP contribution in [0.5, 0.6) is 5.75 Å². The molecule has 0 aliphatic rings. The van der Waals surface area contributed by atoms with Gasteiger partial charge < -0.3 is 5.11 Å². The minimum Gasteiger partial charge on any atom is -0.508 e. The fourth-order valence-electron chi connectivity index (χ4n) is 2.01. The van der Waals surface area contributed by atoms with Crippen molar-refractivity contribution in [2.45, 2.75) is 13.1 Å². The topological polar surface area (TPSA) is 94.5 Å². The van der Waals surface area contributed by atoms with Crippen molar-refractivity contribution in [2.24, 2.45) is 0 Å². The van der Waals surface area contributed by atoms with Gasteiger partial charge in [-0.15, -0.1) is 0 Å². The van der Waals surface area contributed by atoms with Crippen LogP contribution in [0.15, 0.2) is 67.4 Å². The van der Waals surface area contributed by atoms with Crippen LogP contribution in [0.3, 0.4) is 0 Å². The van der Waals surface area contributed by atoms with Gasteiger partial charge in [0.1, 0.15) is 5.75 Å². The van der Waals surface area contributed by atoms with Crippen molar-refractivity contribution < 1.29 is 26.2 Å². The minimum absolute atomic E-state index is 0. The van der Waals surface area contributed by atoms with Crippen molar-refractivity contribution in [3.8, 4) is 5.75 Å². The fraction of sp³-hybridized carbons (Fsp3) is 0.118. The average molecular weight is 529 g/mol. The van der Waals surface area contributed by atoms with Gasteiger partial charge in [0.15, 0.2) is 0 Å². The van der Waals surface area contributed by atoms with Gasteiger partial charge in [-0.05, 0) is 17.8 Å². The Morgan fingerprint density at radius 3 is 1.88 bits per heavy atom. The van der Waals surface area contributed by atoms with E-state index in [0.717, 1.165) is 11.3 Å². The van der Waals surface area contributed by atoms with E-state index in [1.54, 1.807) is 64.8 Å². The number of benzene rings is 1. The molecule has 9 heteroatoms. The molecule has 0 amide bonds. The number of hydrogen-bond donors (Lipinski definition) is 1. The molecule has 0 bridgehead atoms. The molecule has 8 nitrogen and oxygen atoms in total. The number of hydrogen-bond acceptors (Lipinski definition) is 6. The number of phenolic OH excluding ortho intramolecular Hbond substituents is 1. The molecule has 0 spiro atoms. The number of nitrogens with zero attached hydrogens (tertiary/aromatic N) is 7. The first-order chi connectivity index (χ1) is 12.3. The predicted molar refractivity (Wildman–Crippen MR) is 89.4 cm³/mol. The minimum atomic E-state index is 0. The summed E-state index contributed by atoms with van der Waals surface area (Å²) in [4.78, 5) is 7.40. The first kappa shape index (κ1) is 19.5. The summed E-state index contributed by atoms with van der Waals surface area (Å²) in [6.07, 6.45) is 8.31. The van der Waals surface area contributed by atoms with E-state index in [4.69, 9.17) is 5.11 Å². The van der Waals surface area contributed by atoms with Crippen molar-refractivity contribution in [1.29, 1.82) is 0 Å². The van der Waals surface area contributed by atoms with Crippen LogP contribution in [0.25, 0.3) is 0 Å². The maximum atomic E-state index is 8.63. The third-order valence-electron chi connectivity index (χ3n) is 3.10. The molecule has 0 radical (unpaired) electrons. The third kappa shape index (κ3) is 6.22. The second-order valence-electron chi connectivity index (χ2n) is 5.00. The molecule has 0 atom stereocenters. The smallest absolute Gasteiger partial charge is 0.115 e. The van der Waals surface area contributed by atoms with Gasteiger partial charge in [0.25, 0.3) is 0 Å². The van der Waals surface area contributed by atoms with Crippen LogP contribution in [0.1, 0.15) is 11.3 Å². The number of pyridine rings is 1. The number of rotatable bonds is 4. The Bertz CT molecular complexity index is 816. The second kappa shape index (κ2) is 10.2. The van der Waals surface area contributed by atoms with Crippen molar-refractivity contribution in [3.05, 3.63) is 84.7 Å². The van der Waals surface area contributed by atoms with E-state index in [1.165, 1.54) is 0 Å². The summed E-state index contributed by atoms with van der Waals surface area (Å²) in [6, 6.07) is 13.8. The maximum Gasteiger partial charge on any atom is 0.115 e. The fourth-order valence-corrected chi connectivity index (χ4v) is 2.01. The first-order valence-electron chi connectivity index (χ1n) is 7.58. The molecule has 3 aromatic heterocycles. The molecule has 0 saturated carbocycles. The van der Waals surface area contributed by atoms with Gasteiger partial charge >= 0.3 is 0 Å². The van der Waals surface area contributed by atoms with Crippen molar-refractivity contribution in [1.82, 2.24) is 35.0 Å². The summed E-state index contributed by atoms with van der Waals surface area (Å²) in [5.41, 5.74) is 1.76. The average Bonchev–Trinajstić information content (AvgIpc) is 3.31. The molecular formula is C17H16N7OPt-. The van der Waals surface area contributed by atoms with E-state index in [0.29, 0.717) is 18.8 Å². The maximum absolute atomic E-state index is 8.63.